The summed E-state index contributed by atoms with van der Waals surface area (Å²) in [5.41, 5.74) is 1.08. The zero-order valence-corrected chi connectivity index (χ0v) is 12.1. The average molecular weight is 276 g/mol. The van der Waals surface area contributed by atoms with Crippen LogP contribution >= 0.6 is 0 Å². The van der Waals surface area contributed by atoms with E-state index in [1.165, 1.54) is 25.7 Å². The second-order valence-corrected chi connectivity index (χ2v) is 6.19. The number of aromatic nitrogens is 2. The van der Waals surface area contributed by atoms with Crippen molar-refractivity contribution >= 4 is 5.91 Å². The Bertz CT molecular complexity index is 431. The Morgan fingerprint density at radius 3 is 3.05 bits per heavy atom. The second kappa shape index (κ2) is 5.95. The fraction of sp³-hybridized carbons (Fsp3) is 0.733. The molecule has 2 fully saturated rings. The predicted octanol–water partition coefficient (Wildman–Crippen LogP) is 1.33. The van der Waals surface area contributed by atoms with E-state index in [1.807, 2.05) is 18.1 Å². The van der Waals surface area contributed by atoms with E-state index in [1.54, 1.807) is 6.33 Å². The molecule has 2 aliphatic rings. The van der Waals surface area contributed by atoms with Crippen molar-refractivity contribution in [2.24, 2.45) is 5.92 Å². The van der Waals surface area contributed by atoms with Gasteiger partial charge in [0.15, 0.2) is 0 Å². The van der Waals surface area contributed by atoms with Gasteiger partial charge in [-0.05, 0) is 25.2 Å². The summed E-state index contributed by atoms with van der Waals surface area (Å²) in [6.07, 6.45) is 10.5. The molecule has 0 spiro atoms. The molecule has 1 amide bonds. The van der Waals surface area contributed by atoms with E-state index in [4.69, 9.17) is 0 Å². The maximum atomic E-state index is 12.5. The van der Waals surface area contributed by atoms with Crippen LogP contribution in [0.25, 0.3) is 0 Å². The number of nitrogens with zero attached hydrogens (tertiary/aromatic N) is 2. The second-order valence-electron chi connectivity index (χ2n) is 6.19. The van der Waals surface area contributed by atoms with Crippen LogP contribution in [0.5, 0.6) is 0 Å². The summed E-state index contributed by atoms with van der Waals surface area (Å²) in [5.74, 6) is 0.970. The molecule has 0 radical (unpaired) electrons. The molecule has 1 saturated carbocycles. The van der Waals surface area contributed by atoms with Crippen LogP contribution in [0.3, 0.4) is 0 Å². The summed E-state index contributed by atoms with van der Waals surface area (Å²) in [4.78, 5) is 21.4. The van der Waals surface area contributed by atoms with E-state index in [-0.39, 0.29) is 11.9 Å². The van der Waals surface area contributed by atoms with Gasteiger partial charge in [0, 0.05) is 37.9 Å². The molecule has 3 atom stereocenters. The van der Waals surface area contributed by atoms with E-state index in [0.717, 1.165) is 31.0 Å². The molecule has 2 heterocycles. The third-order valence-electron chi connectivity index (χ3n) is 4.81. The fourth-order valence-corrected chi connectivity index (χ4v) is 3.60. The largest absolute Gasteiger partial charge is 0.348 e. The number of carbonyl (C=O) groups is 1. The Balaban J connectivity index is 1.50. The van der Waals surface area contributed by atoms with Crippen LogP contribution in [-0.4, -0.2) is 46.5 Å². The van der Waals surface area contributed by atoms with Crippen LogP contribution in [0.4, 0.5) is 0 Å². The first-order chi connectivity index (χ1) is 9.74. The summed E-state index contributed by atoms with van der Waals surface area (Å²) in [6.45, 7) is 0.745. The van der Waals surface area contributed by atoms with Gasteiger partial charge in [0.25, 0.3) is 0 Å². The average Bonchev–Trinajstić information content (AvgIpc) is 3.12. The van der Waals surface area contributed by atoms with Crippen molar-refractivity contribution in [3.05, 3.63) is 18.2 Å². The number of likely N-dealkylation sites (N-methyl/N-ethyl adjacent to an activating group) is 1. The van der Waals surface area contributed by atoms with Gasteiger partial charge in [-0.1, -0.05) is 12.8 Å². The molecule has 0 aromatic carbocycles. The van der Waals surface area contributed by atoms with Crippen LogP contribution in [0.2, 0.25) is 0 Å². The molecule has 1 aromatic heterocycles. The van der Waals surface area contributed by atoms with Crippen LogP contribution < -0.4 is 5.32 Å². The summed E-state index contributed by atoms with van der Waals surface area (Å²) in [7, 11) is 1.91. The number of carbonyl (C=O) groups excluding carboxylic acids is 1. The van der Waals surface area contributed by atoms with Crippen LogP contribution in [0, 0.1) is 5.92 Å². The number of nitrogens with one attached hydrogen (secondary N) is 2. The van der Waals surface area contributed by atoms with E-state index < -0.39 is 0 Å². The van der Waals surface area contributed by atoms with Gasteiger partial charge in [-0.2, -0.15) is 0 Å². The molecule has 2 N–H and O–H groups in total. The lowest BCUT2D eigenvalue weighted by molar-refractivity contribution is -0.131. The highest BCUT2D eigenvalue weighted by molar-refractivity contribution is 5.82. The summed E-state index contributed by atoms with van der Waals surface area (Å²) >= 11 is 0. The summed E-state index contributed by atoms with van der Waals surface area (Å²) in [6, 6.07) is 0.619. The highest BCUT2D eigenvalue weighted by Gasteiger charge is 2.38. The molecular weight excluding hydrogens is 252 g/mol. The lowest BCUT2D eigenvalue weighted by Crippen LogP contribution is -2.44. The molecule has 1 aliphatic carbocycles. The zero-order chi connectivity index (χ0) is 13.9. The number of hydrogen-bond acceptors (Lipinski definition) is 3. The fourth-order valence-electron chi connectivity index (χ4n) is 3.60. The Kier molecular flexibility index (Phi) is 4.05. The normalized spacial score (nSPS) is 29.1. The maximum absolute atomic E-state index is 12.5. The minimum atomic E-state index is 0.0369. The van der Waals surface area contributed by atoms with E-state index in [2.05, 4.69) is 15.3 Å². The third kappa shape index (κ3) is 2.87. The number of hydrogen-bond donors (Lipinski definition) is 2. The van der Waals surface area contributed by atoms with Crippen molar-refractivity contribution < 1.29 is 4.79 Å². The van der Waals surface area contributed by atoms with E-state index in [9.17, 15) is 4.79 Å². The van der Waals surface area contributed by atoms with Crippen molar-refractivity contribution in [3.63, 3.8) is 0 Å². The van der Waals surface area contributed by atoms with Crippen LogP contribution in [-0.2, 0) is 11.2 Å². The predicted molar refractivity (Wildman–Crippen MR) is 77.2 cm³/mol. The van der Waals surface area contributed by atoms with Gasteiger partial charge in [-0.25, -0.2) is 4.98 Å². The molecule has 1 saturated heterocycles. The molecule has 2 unspecified atom stereocenters. The monoisotopic (exact) mass is 276 g/mol. The number of aromatic amines is 1. The number of imidazole rings is 1. The standard InChI is InChI=1S/C15H24N4O/c1-19(7-6-12-9-16-10-17-12)15(20)14-8-11-4-2-3-5-13(11)18-14/h9-11,13-14,18H,2-8H2,1H3,(H,16,17)/t11?,13-,14?/m0/s1. The highest BCUT2D eigenvalue weighted by Crippen LogP contribution is 2.33. The third-order valence-corrected chi connectivity index (χ3v) is 4.81. The van der Waals surface area contributed by atoms with Gasteiger partial charge in [-0.15, -0.1) is 0 Å². The van der Waals surface area contributed by atoms with Crippen molar-refractivity contribution in [2.75, 3.05) is 13.6 Å². The summed E-state index contributed by atoms with van der Waals surface area (Å²) in [5, 5.41) is 3.56. The molecule has 0 bridgehead atoms. The lowest BCUT2D eigenvalue weighted by Gasteiger charge is -2.24. The molecule has 5 nitrogen and oxygen atoms in total. The molecule has 20 heavy (non-hydrogen) atoms. The highest BCUT2D eigenvalue weighted by atomic mass is 16.2. The topological polar surface area (TPSA) is 61.0 Å². The van der Waals surface area contributed by atoms with Gasteiger partial charge < -0.3 is 15.2 Å². The van der Waals surface area contributed by atoms with Crippen molar-refractivity contribution in [3.8, 4) is 0 Å². The Hall–Kier alpha value is -1.36. The number of amides is 1. The van der Waals surface area contributed by atoms with Gasteiger partial charge in [0.2, 0.25) is 5.91 Å². The Morgan fingerprint density at radius 2 is 2.30 bits per heavy atom. The van der Waals surface area contributed by atoms with E-state index >= 15 is 0 Å². The van der Waals surface area contributed by atoms with Gasteiger partial charge >= 0.3 is 0 Å². The molecular formula is C15H24N4O. The number of rotatable bonds is 4. The van der Waals surface area contributed by atoms with Gasteiger partial charge in [0.05, 0.1) is 12.4 Å². The molecule has 3 rings (SSSR count). The molecule has 110 valence electrons. The number of fused-ring (bicyclic) bond motifs is 1. The lowest BCUT2D eigenvalue weighted by atomic mass is 9.85. The SMILES string of the molecule is CN(CCc1cnc[nH]1)C(=O)C1CC2CCCC[C@@H]2N1. The van der Waals surface area contributed by atoms with Gasteiger partial charge in [-0.3, -0.25) is 4.79 Å². The number of H-pyrrole nitrogens is 1. The Labute approximate surface area is 120 Å². The first-order valence-corrected chi connectivity index (χ1v) is 7.72. The zero-order valence-electron chi connectivity index (χ0n) is 12.1. The minimum absolute atomic E-state index is 0.0369. The Morgan fingerprint density at radius 1 is 1.45 bits per heavy atom. The van der Waals surface area contributed by atoms with Gasteiger partial charge in [0.1, 0.15) is 0 Å². The van der Waals surface area contributed by atoms with Crippen molar-refractivity contribution in [1.29, 1.82) is 0 Å². The summed E-state index contributed by atoms with van der Waals surface area (Å²) < 4.78 is 0. The van der Waals surface area contributed by atoms with E-state index in [0.29, 0.717) is 6.04 Å². The van der Waals surface area contributed by atoms with Crippen molar-refractivity contribution in [1.82, 2.24) is 20.2 Å². The first-order valence-electron chi connectivity index (χ1n) is 7.72. The first kappa shape index (κ1) is 13.6. The van der Waals surface area contributed by atoms with Crippen LogP contribution in [0.1, 0.15) is 37.8 Å². The van der Waals surface area contributed by atoms with Crippen LogP contribution in [0.15, 0.2) is 12.5 Å². The minimum Gasteiger partial charge on any atom is -0.348 e. The molecule has 1 aromatic rings. The maximum Gasteiger partial charge on any atom is 0.239 e. The van der Waals surface area contributed by atoms with Crippen molar-refractivity contribution in [2.45, 2.75) is 50.6 Å². The quantitative estimate of drug-likeness (QED) is 0.872. The molecule has 5 heteroatoms. The smallest absolute Gasteiger partial charge is 0.239 e. The molecule has 1 aliphatic heterocycles.